The molecular formula is C30H38F2N4O8. The van der Waals surface area contributed by atoms with Gasteiger partial charge >= 0.3 is 18.8 Å². The van der Waals surface area contributed by atoms with Gasteiger partial charge in [-0.3, -0.25) is 4.79 Å². The molecule has 1 aromatic carbocycles. The molecule has 1 heterocycles. The second kappa shape index (κ2) is 12.9. The highest BCUT2D eigenvalue weighted by molar-refractivity contribution is 5.94. The van der Waals surface area contributed by atoms with Gasteiger partial charge in [0.05, 0.1) is 24.7 Å². The molecule has 0 radical (unpaired) electrons. The largest absolute Gasteiger partial charge is 0.489 e. The smallest absolute Gasteiger partial charge is 0.408 e. The van der Waals surface area contributed by atoms with E-state index in [0.717, 1.165) is 32.1 Å². The molecule has 3 atom stereocenters. The number of oxazole rings is 1. The van der Waals surface area contributed by atoms with E-state index in [9.17, 15) is 23.2 Å². The van der Waals surface area contributed by atoms with Crippen molar-refractivity contribution in [1.29, 1.82) is 0 Å². The molecule has 3 aliphatic rings. The lowest BCUT2D eigenvalue weighted by Crippen LogP contribution is -2.38. The minimum absolute atomic E-state index is 0.00240. The molecule has 3 amide bonds. The molecule has 14 heteroatoms. The van der Waals surface area contributed by atoms with Crippen LogP contribution < -0.4 is 25.4 Å². The van der Waals surface area contributed by atoms with Crippen molar-refractivity contribution in [3.05, 3.63) is 29.7 Å². The second-order valence-electron chi connectivity index (χ2n) is 12.4. The molecule has 2 aromatic rings. The molecule has 3 N–H and O–H groups in total. The molecule has 240 valence electrons. The lowest BCUT2D eigenvalue weighted by molar-refractivity contribution is -0.0515. The molecule has 3 saturated carbocycles. The molecule has 44 heavy (non-hydrogen) atoms. The number of nitrogens with one attached hydrogen (secondary N) is 3. The summed E-state index contributed by atoms with van der Waals surface area (Å²) in [5.74, 6) is -0.249. The van der Waals surface area contributed by atoms with Gasteiger partial charge in [0.1, 0.15) is 11.7 Å². The molecule has 0 saturated heterocycles. The van der Waals surface area contributed by atoms with E-state index >= 15 is 0 Å². The van der Waals surface area contributed by atoms with Crippen molar-refractivity contribution in [3.8, 4) is 23.0 Å². The van der Waals surface area contributed by atoms with Gasteiger partial charge in [-0.25, -0.2) is 14.6 Å². The summed E-state index contributed by atoms with van der Waals surface area (Å²) in [4.78, 5) is 42.5. The van der Waals surface area contributed by atoms with Gasteiger partial charge in [-0.2, -0.15) is 8.78 Å². The maximum Gasteiger partial charge on any atom is 0.408 e. The number of nitrogens with zero attached hydrogens (tertiary/aromatic N) is 1. The quantitative estimate of drug-likeness (QED) is 0.281. The topological polar surface area (TPSA) is 150 Å². The number of halogens is 2. The zero-order valence-electron chi connectivity index (χ0n) is 25.1. The summed E-state index contributed by atoms with van der Waals surface area (Å²) in [7, 11) is 0. The van der Waals surface area contributed by atoms with Crippen LogP contribution in [0, 0.1) is 5.92 Å². The van der Waals surface area contributed by atoms with Gasteiger partial charge < -0.3 is 39.3 Å². The summed E-state index contributed by atoms with van der Waals surface area (Å²) in [6, 6.07) is 2.74. The molecule has 0 aliphatic heterocycles. The van der Waals surface area contributed by atoms with Crippen LogP contribution in [0.5, 0.6) is 11.5 Å². The maximum atomic E-state index is 13.4. The Morgan fingerprint density at radius 1 is 1.05 bits per heavy atom. The van der Waals surface area contributed by atoms with E-state index in [1.165, 1.54) is 18.2 Å². The fourth-order valence-electron chi connectivity index (χ4n) is 4.48. The first-order valence-electron chi connectivity index (χ1n) is 14.8. The van der Waals surface area contributed by atoms with Crippen molar-refractivity contribution in [3.63, 3.8) is 0 Å². The number of carbonyl (C=O) groups excluding carboxylic acids is 3. The van der Waals surface area contributed by atoms with Gasteiger partial charge in [0, 0.05) is 5.56 Å². The van der Waals surface area contributed by atoms with Crippen LogP contribution in [-0.4, -0.2) is 60.1 Å². The molecular weight excluding hydrogens is 582 g/mol. The average molecular weight is 621 g/mol. The Labute approximate surface area is 253 Å². The zero-order valence-corrected chi connectivity index (χ0v) is 25.1. The molecule has 12 nitrogen and oxygen atoms in total. The monoisotopic (exact) mass is 620 g/mol. The number of amides is 3. The number of aromatic nitrogens is 1. The summed E-state index contributed by atoms with van der Waals surface area (Å²) in [5.41, 5.74) is -0.519. The van der Waals surface area contributed by atoms with Gasteiger partial charge in [-0.15, -0.1) is 0 Å². The molecule has 5 rings (SSSR count). The standard InChI is InChI=1S/C30H38F2N4O8/c1-15(33-29(39)44-30(2,3)4)24-23(25(37)34-19-13-20(19)35-28(38)41-18-6-5-7-18)36-26(43-24)17-10-11-21(42-27(31)32)22(12-17)40-14-16-8-9-16/h10-12,15-16,18-20,27H,5-9,13-14H2,1-4H3,(H,33,39)(H,34,37)(H,35,38). The highest BCUT2D eigenvalue weighted by Crippen LogP contribution is 2.37. The Hall–Kier alpha value is -4.10. The van der Waals surface area contributed by atoms with Crippen LogP contribution in [0.4, 0.5) is 18.4 Å². The van der Waals surface area contributed by atoms with Crippen molar-refractivity contribution in [2.75, 3.05) is 6.61 Å². The van der Waals surface area contributed by atoms with E-state index in [-0.39, 0.29) is 47.0 Å². The van der Waals surface area contributed by atoms with Crippen LogP contribution in [0.2, 0.25) is 0 Å². The van der Waals surface area contributed by atoms with E-state index in [1.54, 1.807) is 27.7 Å². The van der Waals surface area contributed by atoms with E-state index in [1.807, 2.05) is 0 Å². The van der Waals surface area contributed by atoms with Crippen molar-refractivity contribution < 1.29 is 46.5 Å². The number of alkyl halides is 2. The van der Waals surface area contributed by atoms with Gasteiger partial charge in [0.25, 0.3) is 5.91 Å². The number of hydrogen-bond acceptors (Lipinski definition) is 9. The predicted octanol–water partition coefficient (Wildman–Crippen LogP) is 5.47. The summed E-state index contributed by atoms with van der Waals surface area (Å²) in [6.07, 6.45) is 3.91. The summed E-state index contributed by atoms with van der Waals surface area (Å²) in [6.45, 7) is 4.05. The van der Waals surface area contributed by atoms with E-state index < -0.39 is 36.3 Å². The lowest BCUT2D eigenvalue weighted by Gasteiger charge is -2.25. The highest BCUT2D eigenvalue weighted by Gasteiger charge is 2.42. The van der Waals surface area contributed by atoms with Crippen LogP contribution in [0.25, 0.3) is 11.5 Å². The molecule has 3 fully saturated rings. The maximum absolute atomic E-state index is 13.4. The Kier molecular flexibility index (Phi) is 9.16. The first-order chi connectivity index (χ1) is 20.8. The molecule has 0 bridgehead atoms. The van der Waals surface area contributed by atoms with Gasteiger partial charge in [-0.1, -0.05) is 0 Å². The minimum atomic E-state index is -3.05. The molecule has 3 unspecified atom stereocenters. The number of ether oxygens (including phenoxy) is 4. The van der Waals surface area contributed by atoms with E-state index in [4.69, 9.17) is 18.6 Å². The Bertz CT molecular complexity index is 1370. The van der Waals surface area contributed by atoms with Gasteiger partial charge in [0.2, 0.25) is 5.89 Å². The fraction of sp³-hybridized carbons (Fsp3) is 0.600. The fourth-order valence-corrected chi connectivity index (χ4v) is 4.48. The predicted molar refractivity (Wildman–Crippen MR) is 151 cm³/mol. The zero-order chi connectivity index (χ0) is 31.6. The minimum Gasteiger partial charge on any atom is -0.489 e. The van der Waals surface area contributed by atoms with Crippen LogP contribution in [-0.2, 0) is 9.47 Å². The molecule has 0 spiro atoms. The summed E-state index contributed by atoms with van der Waals surface area (Å²) < 4.78 is 53.1. The normalized spacial score (nSPS) is 20.2. The van der Waals surface area contributed by atoms with Gasteiger partial charge in [0.15, 0.2) is 23.0 Å². The van der Waals surface area contributed by atoms with Crippen molar-refractivity contribution in [2.45, 2.75) is 103 Å². The number of alkyl carbamates (subject to hydrolysis) is 2. The van der Waals surface area contributed by atoms with Crippen molar-refractivity contribution in [2.24, 2.45) is 5.92 Å². The second-order valence-corrected chi connectivity index (χ2v) is 12.4. The number of carbonyl (C=O) groups is 3. The SMILES string of the molecule is CC(NC(=O)OC(C)(C)C)c1oc(-c2ccc(OC(F)F)c(OCC3CC3)c2)nc1C(=O)NC1CC1NC(=O)OC1CCC1. The molecule has 3 aliphatic carbocycles. The molecule has 1 aromatic heterocycles. The summed E-state index contributed by atoms with van der Waals surface area (Å²) in [5, 5.41) is 8.24. The number of hydrogen-bond donors (Lipinski definition) is 3. The first-order valence-corrected chi connectivity index (χ1v) is 14.8. The van der Waals surface area contributed by atoms with E-state index in [2.05, 4.69) is 25.7 Å². The van der Waals surface area contributed by atoms with Crippen LogP contribution >= 0.6 is 0 Å². The third kappa shape index (κ3) is 8.50. The average Bonchev–Trinajstić information content (AvgIpc) is 3.82. The number of benzene rings is 1. The van der Waals surface area contributed by atoms with Gasteiger partial charge in [-0.05, 0) is 90.3 Å². The van der Waals surface area contributed by atoms with Crippen LogP contribution in [0.3, 0.4) is 0 Å². The highest BCUT2D eigenvalue weighted by atomic mass is 19.3. The third-order valence-electron chi connectivity index (χ3n) is 7.31. The van der Waals surface area contributed by atoms with Crippen LogP contribution in [0.1, 0.15) is 88.5 Å². The Morgan fingerprint density at radius 2 is 1.77 bits per heavy atom. The third-order valence-corrected chi connectivity index (χ3v) is 7.31. The Balaban J connectivity index is 1.35. The number of rotatable bonds is 12. The lowest BCUT2D eigenvalue weighted by atomic mass is 9.96. The van der Waals surface area contributed by atoms with Crippen LogP contribution in [0.15, 0.2) is 22.6 Å². The van der Waals surface area contributed by atoms with Crippen molar-refractivity contribution in [1.82, 2.24) is 20.9 Å². The first kappa shape index (κ1) is 31.3. The summed E-state index contributed by atoms with van der Waals surface area (Å²) >= 11 is 0. The Morgan fingerprint density at radius 3 is 2.41 bits per heavy atom. The van der Waals surface area contributed by atoms with E-state index in [0.29, 0.717) is 24.5 Å². The van der Waals surface area contributed by atoms with Crippen molar-refractivity contribution >= 4 is 18.1 Å².